The first-order valence-corrected chi connectivity index (χ1v) is 8.20. The molecule has 0 saturated carbocycles. The fourth-order valence-electron chi connectivity index (χ4n) is 2.55. The van der Waals surface area contributed by atoms with Crippen LogP contribution < -0.4 is 14.2 Å². The minimum atomic E-state index is -0.521. The summed E-state index contributed by atoms with van der Waals surface area (Å²) in [5.41, 5.74) is 1.75. The highest BCUT2D eigenvalue weighted by Gasteiger charge is 2.22. The van der Waals surface area contributed by atoms with Crippen molar-refractivity contribution in [3.05, 3.63) is 65.4 Å². The van der Waals surface area contributed by atoms with Crippen LogP contribution in [0.1, 0.15) is 11.1 Å². The Balaban J connectivity index is 1.86. The lowest BCUT2D eigenvalue weighted by molar-refractivity contribution is -0.129. The number of hydrogen-bond acceptors (Lipinski definition) is 6. The van der Waals surface area contributed by atoms with Gasteiger partial charge in [-0.2, -0.15) is 0 Å². The number of hydrogen-bond donors (Lipinski definition) is 0. The summed E-state index contributed by atoms with van der Waals surface area (Å²) in [7, 11) is 4.73. The molecule has 2 aromatic rings. The number of esters is 1. The van der Waals surface area contributed by atoms with E-state index in [1.807, 2.05) is 24.3 Å². The maximum Gasteiger partial charge on any atom is 0.363 e. The van der Waals surface area contributed by atoms with Crippen LogP contribution in [0.15, 0.2) is 59.2 Å². The number of nitrogens with zero attached hydrogens (tertiary/aromatic N) is 1. The summed E-state index contributed by atoms with van der Waals surface area (Å²) in [5.74, 6) is 1.64. The van der Waals surface area contributed by atoms with E-state index in [1.165, 1.54) is 0 Å². The lowest BCUT2D eigenvalue weighted by atomic mass is 10.1. The molecule has 0 N–H and O–H groups in total. The SMILES string of the molecule is COc1ccc(/C=C2N=C(/C=C/c3ccccc3OC)OC\2=O)c(OC)c1. The maximum atomic E-state index is 12.1. The number of cyclic esters (lactones) is 1. The lowest BCUT2D eigenvalue weighted by Gasteiger charge is -2.07. The molecule has 0 spiro atoms. The van der Waals surface area contributed by atoms with Crippen molar-refractivity contribution in [2.24, 2.45) is 4.99 Å². The molecule has 138 valence electrons. The third-order valence-corrected chi connectivity index (χ3v) is 3.91. The van der Waals surface area contributed by atoms with E-state index in [0.29, 0.717) is 17.1 Å². The minimum absolute atomic E-state index is 0.193. The maximum absolute atomic E-state index is 12.1. The van der Waals surface area contributed by atoms with Crippen molar-refractivity contribution in [1.29, 1.82) is 0 Å². The molecule has 0 saturated heterocycles. The van der Waals surface area contributed by atoms with E-state index in [2.05, 4.69) is 4.99 Å². The molecule has 1 heterocycles. The number of rotatable bonds is 6. The lowest BCUT2D eigenvalue weighted by Crippen LogP contribution is -2.01. The zero-order chi connectivity index (χ0) is 19.2. The predicted octanol–water partition coefficient (Wildman–Crippen LogP) is 3.72. The van der Waals surface area contributed by atoms with E-state index >= 15 is 0 Å². The van der Waals surface area contributed by atoms with Crippen LogP contribution in [0.25, 0.3) is 12.2 Å². The minimum Gasteiger partial charge on any atom is -0.497 e. The van der Waals surface area contributed by atoms with Crippen molar-refractivity contribution in [2.45, 2.75) is 0 Å². The van der Waals surface area contributed by atoms with Crippen molar-refractivity contribution < 1.29 is 23.7 Å². The monoisotopic (exact) mass is 365 g/mol. The molecule has 0 amide bonds. The standard InChI is InChI=1S/C21H19NO5/c1-24-16-10-8-15(19(13-16)26-3)12-17-21(23)27-20(22-17)11-9-14-6-4-5-7-18(14)25-2/h4-13H,1-3H3/b11-9+,17-12-. The summed E-state index contributed by atoms with van der Waals surface area (Å²) in [6.45, 7) is 0. The second-order valence-corrected chi connectivity index (χ2v) is 5.55. The number of benzene rings is 2. The number of methoxy groups -OCH3 is 3. The van der Waals surface area contributed by atoms with Crippen molar-refractivity contribution in [1.82, 2.24) is 0 Å². The summed E-state index contributed by atoms with van der Waals surface area (Å²) in [4.78, 5) is 16.4. The topological polar surface area (TPSA) is 66.3 Å². The van der Waals surface area contributed by atoms with Crippen LogP contribution in [0.4, 0.5) is 0 Å². The largest absolute Gasteiger partial charge is 0.497 e. The molecule has 3 rings (SSSR count). The number of carbonyl (C=O) groups excluding carboxylic acids is 1. The Kier molecular flexibility index (Phi) is 5.56. The van der Waals surface area contributed by atoms with Crippen LogP contribution in [0.5, 0.6) is 17.2 Å². The zero-order valence-corrected chi connectivity index (χ0v) is 15.3. The molecule has 1 aliphatic heterocycles. The Bertz CT molecular complexity index is 943. The molecule has 0 aromatic heterocycles. The van der Waals surface area contributed by atoms with Crippen molar-refractivity contribution in [3.63, 3.8) is 0 Å². The number of ether oxygens (including phenoxy) is 4. The van der Waals surface area contributed by atoms with Gasteiger partial charge in [0.2, 0.25) is 5.90 Å². The van der Waals surface area contributed by atoms with E-state index < -0.39 is 5.97 Å². The summed E-state index contributed by atoms with van der Waals surface area (Å²) in [6.07, 6.45) is 5.02. The molecule has 6 nitrogen and oxygen atoms in total. The summed E-state index contributed by atoms with van der Waals surface area (Å²) < 4.78 is 21.0. The molecule has 0 radical (unpaired) electrons. The molecule has 0 unspecified atom stereocenters. The van der Waals surface area contributed by atoms with Gasteiger partial charge in [-0.05, 0) is 30.4 Å². The molecule has 1 aliphatic rings. The van der Waals surface area contributed by atoms with Gasteiger partial charge in [0.15, 0.2) is 5.70 Å². The quantitative estimate of drug-likeness (QED) is 0.577. The second-order valence-electron chi connectivity index (χ2n) is 5.55. The third-order valence-electron chi connectivity index (χ3n) is 3.91. The van der Waals surface area contributed by atoms with E-state index in [4.69, 9.17) is 18.9 Å². The van der Waals surface area contributed by atoms with E-state index in [0.717, 1.165) is 11.3 Å². The fraction of sp³-hybridized carbons (Fsp3) is 0.143. The van der Waals surface area contributed by atoms with Gasteiger partial charge in [0.1, 0.15) is 17.2 Å². The van der Waals surface area contributed by atoms with Crippen LogP contribution >= 0.6 is 0 Å². The smallest absolute Gasteiger partial charge is 0.363 e. The normalized spacial score (nSPS) is 15.0. The third kappa shape index (κ3) is 4.17. The van der Waals surface area contributed by atoms with Crippen LogP contribution in [0.3, 0.4) is 0 Å². The first kappa shape index (κ1) is 18.3. The van der Waals surface area contributed by atoms with Crippen LogP contribution in [-0.4, -0.2) is 33.2 Å². The Labute approximate surface area is 157 Å². The Morgan fingerprint density at radius 2 is 1.67 bits per heavy atom. The Morgan fingerprint density at radius 3 is 2.41 bits per heavy atom. The highest BCUT2D eigenvalue weighted by atomic mass is 16.6. The van der Waals surface area contributed by atoms with Gasteiger partial charge in [0.25, 0.3) is 0 Å². The molecule has 0 bridgehead atoms. The highest BCUT2D eigenvalue weighted by molar-refractivity contribution is 6.11. The van der Waals surface area contributed by atoms with Crippen LogP contribution in [-0.2, 0) is 9.53 Å². The van der Waals surface area contributed by atoms with Gasteiger partial charge >= 0.3 is 5.97 Å². The molecular weight excluding hydrogens is 346 g/mol. The second kappa shape index (κ2) is 8.23. The number of carbonyl (C=O) groups is 1. The highest BCUT2D eigenvalue weighted by Crippen LogP contribution is 2.28. The van der Waals surface area contributed by atoms with Crippen molar-refractivity contribution >= 4 is 24.0 Å². The van der Waals surface area contributed by atoms with Gasteiger partial charge in [0.05, 0.1) is 21.3 Å². The summed E-state index contributed by atoms with van der Waals surface area (Å²) in [6, 6.07) is 12.8. The van der Waals surface area contributed by atoms with E-state index in [1.54, 1.807) is 57.8 Å². The average Bonchev–Trinajstić information content (AvgIpc) is 3.06. The molecule has 27 heavy (non-hydrogen) atoms. The summed E-state index contributed by atoms with van der Waals surface area (Å²) in [5, 5.41) is 0. The van der Waals surface area contributed by atoms with Gasteiger partial charge in [-0.3, -0.25) is 0 Å². The first-order valence-electron chi connectivity index (χ1n) is 8.20. The van der Waals surface area contributed by atoms with Gasteiger partial charge in [-0.15, -0.1) is 0 Å². The van der Waals surface area contributed by atoms with E-state index in [-0.39, 0.29) is 11.6 Å². The summed E-state index contributed by atoms with van der Waals surface area (Å²) >= 11 is 0. The average molecular weight is 365 g/mol. The van der Waals surface area contributed by atoms with Crippen molar-refractivity contribution in [3.8, 4) is 17.2 Å². The molecule has 2 aromatic carbocycles. The van der Waals surface area contributed by atoms with Crippen LogP contribution in [0, 0.1) is 0 Å². The molecular formula is C21H19NO5. The Hall–Kier alpha value is -3.54. The molecule has 0 atom stereocenters. The van der Waals surface area contributed by atoms with Crippen LogP contribution in [0.2, 0.25) is 0 Å². The van der Waals surface area contributed by atoms with Gasteiger partial charge in [-0.25, -0.2) is 9.79 Å². The Morgan fingerprint density at radius 1 is 0.889 bits per heavy atom. The molecule has 0 aliphatic carbocycles. The fourth-order valence-corrected chi connectivity index (χ4v) is 2.55. The van der Waals surface area contributed by atoms with Gasteiger partial charge in [-0.1, -0.05) is 18.2 Å². The number of para-hydroxylation sites is 1. The predicted molar refractivity (Wildman–Crippen MR) is 103 cm³/mol. The molecule has 0 fully saturated rings. The zero-order valence-electron chi connectivity index (χ0n) is 15.3. The van der Waals surface area contributed by atoms with Gasteiger partial charge in [0, 0.05) is 23.3 Å². The molecule has 6 heteroatoms. The van der Waals surface area contributed by atoms with E-state index in [9.17, 15) is 4.79 Å². The van der Waals surface area contributed by atoms with Crippen molar-refractivity contribution in [2.75, 3.05) is 21.3 Å². The number of aliphatic imine (C=N–C) groups is 1. The van der Waals surface area contributed by atoms with Gasteiger partial charge < -0.3 is 18.9 Å². The first-order chi connectivity index (χ1) is 13.1.